The van der Waals surface area contributed by atoms with Crippen molar-refractivity contribution in [1.82, 2.24) is 9.97 Å². The Bertz CT molecular complexity index is 413. The molecule has 1 aromatic heterocycles. The van der Waals surface area contributed by atoms with Gasteiger partial charge in [-0.05, 0) is 0 Å². The molecule has 1 amide bonds. The first-order valence-corrected chi connectivity index (χ1v) is 3.51. The van der Waals surface area contributed by atoms with Crippen LogP contribution in [0.3, 0.4) is 0 Å². The summed E-state index contributed by atoms with van der Waals surface area (Å²) in [5, 5.41) is 13.6. The number of aromatic nitrogens is 2. The molecule has 7 heteroatoms. The second-order valence-electron chi connectivity index (χ2n) is 2.49. The van der Waals surface area contributed by atoms with Gasteiger partial charge in [-0.25, -0.2) is 4.98 Å². The Hall–Kier alpha value is -1.89. The quantitative estimate of drug-likeness (QED) is 0.388. The average molecular weight is 182 g/mol. The van der Waals surface area contributed by atoms with Crippen molar-refractivity contribution in [3.63, 3.8) is 0 Å². The summed E-state index contributed by atoms with van der Waals surface area (Å²) in [4.78, 5) is 28.0. The van der Waals surface area contributed by atoms with Gasteiger partial charge in [0.05, 0.1) is 6.33 Å². The minimum Gasteiger partial charge on any atom is -0.365 e. The van der Waals surface area contributed by atoms with Gasteiger partial charge < -0.3 is 20.7 Å². The predicted molar refractivity (Wildman–Crippen MR) is 43.1 cm³/mol. The topological polar surface area (TPSA) is 107 Å². The number of aliphatic hydroxyl groups is 1. The molecule has 0 saturated carbocycles. The number of fused-ring (bicyclic) bond motifs is 1. The van der Waals surface area contributed by atoms with Crippen molar-refractivity contribution in [3.05, 3.63) is 16.7 Å². The summed E-state index contributed by atoms with van der Waals surface area (Å²) in [7, 11) is 0. The van der Waals surface area contributed by atoms with Gasteiger partial charge >= 0.3 is 0 Å². The Morgan fingerprint density at radius 2 is 2.23 bits per heavy atom. The van der Waals surface area contributed by atoms with Crippen molar-refractivity contribution >= 4 is 17.4 Å². The van der Waals surface area contributed by atoms with Crippen LogP contribution in [0.25, 0.3) is 0 Å². The number of nitrogens with one attached hydrogen (secondary N) is 3. The highest BCUT2D eigenvalue weighted by Crippen LogP contribution is 2.17. The zero-order valence-electron chi connectivity index (χ0n) is 6.37. The molecule has 2 heterocycles. The molecular weight excluding hydrogens is 176 g/mol. The molecule has 1 aromatic rings. The second-order valence-corrected chi connectivity index (χ2v) is 2.49. The van der Waals surface area contributed by atoms with Crippen LogP contribution in [0.1, 0.15) is 0 Å². The number of hydrogen-bond donors (Lipinski definition) is 4. The molecule has 13 heavy (non-hydrogen) atoms. The summed E-state index contributed by atoms with van der Waals surface area (Å²) in [6, 6.07) is 0. The summed E-state index contributed by atoms with van der Waals surface area (Å²) in [5.74, 6) is -0.512. The van der Waals surface area contributed by atoms with E-state index in [1.165, 1.54) is 6.33 Å². The number of aliphatic hydroxyl groups excluding tert-OH is 1. The Labute approximate surface area is 71.8 Å². The van der Waals surface area contributed by atoms with Crippen LogP contribution >= 0.6 is 0 Å². The zero-order chi connectivity index (χ0) is 9.42. The van der Waals surface area contributed by atoms with Gasteiger partial charge in [-0.3, -0.25) is 9.59 Å². The van der Waals surface area contributed by atoms with E-state index in [1.807, 2.05) is 0 Å². The molecule has 1 atom stereocenters. The molecule has 0 aromatic carbocycles. The van der Waals surface area contributed by atoms with E-state index in [1.54, 1.807) is 0 Å². The maximum absolute atomic E-state index is 11.1. The largest absolute Gasteiger partial charge is 0.365 e. The van der Waals surface area contributed by atoms with Crippen LogP contribution in [0.2, 0.25) is 0 Å². The second kappa shape index (κ2) is 2.56. The minimum absolute atomic E-state index is 0.0257. The fraction of sp³-hybridized carbons (Fsp3) is 0.167. The van der Waals surface area contributed by atoms with Gasteiger partial charge in [0.25, 0.3) is 11.5 Å². The van der Waals surface area contributed by atoms with Crippen molar-refractivity contribution in [2.75, 3.05) is 10.6 Å². The highest BCUT2D eigenvalue weighted by molar-refractivity contribution is 6.00. The molecule has 7 nitrogen and oxygen atoms in total. The molecular formula is C6H6N4O3. The fourth-order valence-electron chi connectivity index (χ4n) is 1.01. The molecule has 4 N–H and O–H groups in total. The highest BCUT2D eigenvalue weighted by atomic mass is 16.3. The molecule has 68 valence electrons. The monoisotopic (exact) mass is 182 g/mol. The van der Waals surface area contributed by atoms with Crippen molar-refractivity contribution in [3.8, 4) is 0 Å². The van der Waals surface area contributed by atoms with Crippen LogP contribution in [-0.4, -0.2) is 27.2 Å². The first kappa shape index (κ1) is 7.74. The van der Waals surface area contributed by atoms with Crippen LogP contribution in [0, 0.1) is 0 Å². The number of nitrogens with zero attached hydrogens (tertiary/aromatic N) is 1. The molecule has 2 rings (SSSR count). The van der Waals surface area contributed by atoms with Gasteiger partial charge in [0.15, 0.2) is 11.5 Å². The number of rotatable bonds is 0. The lowest BCUT2D eigenvalue weighted by Gasteiger charge is -2.20. The van der Waals surface area contributed by atoms with E-state index in [9.17, 15) is 9.59 Å². The lowest BCUT2D eigenvalue weighted by atomic mass is 10.3. The number of aromatic amines is 1. The number of hydrogen-bond acceptors (Lipinski definition) is 5. The van der Waals surface area contributed by atoms with Crippen molar-refractivity contribution in [2.45, 2.75) is 6.23 Å². The molecule has 1 unspecified atom stereocenters. The fourth-order valence-corrected chi connectivity index (χ4v) is 1.01. The lowest BCUT2D eigenvalue weighted by molar-refractivity contribution is -0.123. The molecule has 0 fully saturated rings. The van der Waals surface area contributed by atoms with E-state index in [4.69, 9.17) is 5.11 Å². The van der Waals surface area contributed by atoms with Gasteiger partial charge in [-0.2, -0.15) is 0 Å². The summed E-state index contributed by atoms with van der Waals surface area (Å²) >= 11 is 0. The number of anilines is 2. The molecule has 1 aliphatic heterocycles. The minimum atomic E-state index is -1.36. The van der Waals surface area contributed by atoms with E-state index in [0.29, 0.717) is 0 Å². The molecule has 0 spiro atoms. The molecule has 1 aliphatic rings. The third-order valence-electron chi connectivity index (χ3n) is 1.62. The summed E-state index contributed by atoms with van der Waals surface area (Å²) in [6.07, 6.45) is -0.181. The number of carbonyl (C=O) groups is 1. The number of H-pyrrole nitrogens is 1. The summed E-state index contributed by atoms with van der Waals surface area (Å²) < 4.78 is 0. The van der Waals surface area contributed by atoms with E-state index in [2.05, 4.69) is 20.6 Å². The first-order valence-electron chi connectivity index (χ1n) is 3.51. The van der Waals surface area contributed by atoms with Crippen LogP contribution in [0.15, 0.2) is 11.1 Å². The lowest BCUT2D eigenvalue weighted by Crippen LogP contribution is -2.41. The maximum Gasteiger partial charge on any atom is 0.276 e. The SMILES string of the molecule is O=C1Nc2c(nc[nH]c2=O)NC1O. The maximum atomic E-state index is 11.1. The van der Waals surface area contributed by atoms with E-state index in [0.717, 1.165) is 0 Å². The number of carbonyl (C=O) groups excluding carboxylic acids is 1. The van der Waals surface area contributed by atoms with E-state index >= 15 is 0 Å². The summed E-state index contributed by atoms with van der Waals surface area (Å²) in [5.41, 5.74) is -0.435. The highest BCUT2D eigenvalue weighted by Gasteiger charge is 2.25. The Balaban J connectivity index is 2.54. The standard InChI is InChI=1S/C6H6N4O3/c11-4-2-3(7-1-8-4)10-6(13)5(12)9-2/h1,6,13H,(H,9,12)(H2,7,8,10,11). The van der Waals surface area contributed by atoms with Gasteiger partial charge in [0.1, 0.15) is 0 Å². The Kier molecular flexibility index (Phi) is 1.52. The molecule has 0 radical (unpaired) electrons. The van der Waals surface area contributed by atoms with Gasteiger partial charge in [0.2, 0.25) is 6.23 Å². The smallest absolute Gasteiger partial charge is 0.276 e. The van der Waals surface area contributed by atoms with E-state index < -0.39 is 17.7 Å². The first-order chi connectivity index (χ1) is 6.18. The van der Waals surface area contributed by atoms with Gasteiger partial charge in [0, 0.05) is 0 Å². The van der Waals surface area contributed by atoms with Crippen LogP contribution in [0.5, 0.6) is 0 Å². The van der Waals surface area contributed by atoms with E-state index in [-0.39, 0.29) is 11.5 Å². The van der Waals surface area contributed by atoms with Gasteiger partial charge in [-0.1, -0.05) is 0 Å². The van der Waals surface area contributed by atoms with Crippen LogP contribution in [-0.2, 0) is 4.79 Å². The Morgan fingerprint density at radius 1 is 1.46 bits per heavy atom. The average Bonchev–Trinajstić information content (AvgIpc) is 2.09. The van der Waals surface area contributed by atoms with Crippen LogP contribution in [0.4, 0.5) is 11.5 Å². The zero-order valence-corrected chi connectivity index (χ0v) is 6.37. The Morgan fingerprint density at radius 3 is 3.00 bits per heavy atom. The van der Waals surface area contributed by atoms with Crippen molar-refractivity contribution in [2.24, 2.45) is 0 Å². The third-order valence-corrected chi connectivity index (χ3v) is 1.62. The van der Waals surface area contributed by atoms with Crippen molar-refractivity contribution in [1.29, 1.82) is 0 Å². The molecule has 0 aliphatic carbocycles. The molecule has 0 saturated heterocycles. The number of amides is 1. The van der Waals surface area contributed by atoms with Crippen LogP contribution < -0.4 is 16.2 Å². The third kappa shape index (κ3) is 1.14. The van der Waals surface area contributed by atoms with Crippen molar-refractivity contribution < 1.29 is 9.90 Å². The summed E-state index contributed by atoms with van der Waals surface area (Å²) in [6.45, 7) is 0. The normalized spacial score (nSPS) is 20.1. The molecule has 0 bridgehead atoms. The predicted octanol–water partition coefficient (Wildman–Crippen LogP) is -1.55. The van der Waals surface area contributed by atoms with Gasteiger partial charge in [-0.15, -0.1) is 0 Å².